The molecule has 2 aromatic heterocycles. The molecule has 30 heavy (non-hydrogen) atoms. The first-order valence-electron chi connectivity index (χ1n) is 10.4. The highest BCUT2D eigenvalue weighted by atomic mass is 16.7. The first-order valence-corrected chi connectivity index (χ1v) is 10.4. The van der Waals surface area contributed by atoms with Crippen LogP contribution in [-0.2, 0) is 33.8 Å². The number of aryl methyl sites for hydroxylation is 2. The standard InChI is InChI=1S/C24H29N3O3/c1-16-5-6-20(12-21(16)14-29-15-28-4)24-26-23(19-7-9-25-17(2)11-19)22-8-10-30-18(3)13-27(22)24/h5-7,9,11-12,18H,8,10,13-15H2,1-4H3/t18-/m1/s1. The van der Waals surface area contributed by atoms with E-state index in [1.807, 2.05) is 19.2 Å². The van der Waals surface area contributed by atoms with Gasteiger partial charge in [0.15, 0.2) is 0 Å². The monoisotopic (exact) mass is 407 g/mol. The van der Waals surface area contributed by atoms with Crippen molar-refractivity contribution in [2.75, 3.05) is 20.5 Å². The summed E-state index contributed by atoms with van der Waals surface area (Å²) in [6.07, 6.45) is 2.83. The van der Waals surface area contributed by atoms with Gasteiger partial charge < -0.3 is 18.8 Å². The molecule has 158 valence electrons. The highest BCUT2D eigenvalue weighted by molar-refractivity contribution is 5.69. The average molecular weight is 408 g/mol. The molecule has 0 fully saturated rings. The van der Waals surface area contributed by atoms with Gasteiger partial charge in [0.1, 0.15) is 12.6 Å². The molecule has 0 amide bonds. The number of ether oxygens (including phenoxy) is 3. The van der Waals surface area contributed by atoms with Gasteiger partial charge in [-0.3, -0.25) is 4.98 Å². The van der Waals surface area contributed by atoms with Gasteiger partial charge in [0.2, 0.25) is 0 Å². The van der Waals surface area contributed by atoms with E-state index in [-0.39, 0.29) is 12.9 Å². The third-order valence-corrected chi connectivity index (χ3v) is 5.49. The minimum atomic E-state index is 0.140. The van der Waals surface area contributed by atoms with Gasteiger partial charge in [-0.2, -0.15) is 0 Å². The van der Waals surface area contributed by atoms with Crippen LogP contribution in [0.1, 0.15) is 29.4 Å². The van der Waals surface area contributed by atoms with Gasteiger partial charge in [-0.15, -0.1) is 0 Å². The lowest BCUT2D eigenvalue weighted by Gasteiger charge is -2.14. The zero-order chi connectivity index (χ0) is 21.1. The van der Waals surface area contributed by atoms with E-state index in [0.717, 1.165) is 46.9 Å². The predicted molar refractivity (Wildman–Crippen MR) is 116 cm³/mol. The summed E-state index contributed by atoms with van der Waals surface area (Å²) in [5, 5.41) is 0. The number of pyridine rings is 1. The predicted octanol–water partition coefficient (Wildman–Crippen LogP) is 4.31. The second kappa shape index (κ2) is 9.08. The number of hydrogen-bond donors (Lipinski definition) is 0. The molecule has 0 aliphatic carbocycles. The Kier molecular flexibility index (Phi) is 6.27. The third kappa shape index (κ3) is 4.31. The lowest BCUT2D eigenvalue weighted by atomic mass is 10.0. The lowest BCUT2D eigenvalue weighted by molar-refractivity contribution is -0.0391. The van der Waals surface area contributed by atoms with E-state index in [2.05, 4.69) is 47.7 Å². The SMILES string of the molecule is COCOCc1cc(-c2nc(-c3ccnc(C)c3)c3n2C[C@@H](C)OCC3)ccc1C. The number of methoxy groups -OCH3 is 1. The summed E-state index contributed by atoms with van der Waals surface area (Å²) in [5.41, 5.74) is 7.75. The van der Waals surface area contributed by atoms with Crippen LogP contribution in [0.4, 0.5) is 0 Å². The van der Waals surface area contributed by atoms with Crippen molar-refractivity contribution in [2.24, 2.45) is 0 Å². The molecule has 1 aliphatic rings. The molecule has 0 N–H and O–H groups in total. The fourth-order valence-corrected chi connectivity index (χ4v) is 3.95. The van der Waals surface area contributed by atoms with Crippen molar-refractivity contribution >= 4 is 0 Å². The molecule has 3 aromatic rings. The summed E-state index contributed by atoms with van der Waals surface area (Å²) in [6.45, 7) is 8.51. The summed E-state index contributed by atoms with van der Waals surface area (Å²) in [4.78, 5) is 9.48. The Labute approximate surface area is 177 Å². The largest absolute Gasteiger partial charge is 0.376 e. The summed E-state index contributed by atoms with van der Waals surface area (Å²) >= 11 is 0. The van der Waals surface area contributed by atoms with E-state index in [0.29, 0.717) is 13.2 Å². The number of benzene rings is 1. The van der Waals surface area contributed by atoms with Gasteiger partial charge in [-0.25, -0.2) is 4.98 Å². The number of rotatable bonds is 6. The molecule has 0 spiro atoms. The van der Waals surface area contributed by atoms with E-state index in [9.17, 15) is 0 Å². The normalized spacial score (nSPS) is 16.3. The van der Waals surface area contributed by atoms with Crippen LogP contribution < -0.4 is 0 Å². The Morgan fingerprint density at radius 1 is 1.17 bits per heavy atom. The average Bonchev–Trinajstić information content (AvgIpc) is 2.96. The van der Waals surface area contributed by atoms with Crippen LogP contribution in [0, 0.1) is 13.8 Å². The van der Waals surface area contributed by atoms with Crippen molar-refractivity contribution in [3.05, 3.63) is 59.0 Å². The molecular weight excluding hydrogens is 378 g/mol. The van der Waals surface area contributed by atoms with Crippen molar-refractivity contribution in [1.82, 2.24) is 14.5 Å². The van der Waals surface area contributed by atoms with Gasteiger partial charge >= 0.3 is 0 Å². The van der Waals surface area contributed by atoms with E-state index >= 15 is 0 Å². The van der Waals surface area contributed by atoms with Crippen LogP contribution in [0.15, 0.2) is 36.5 Å². The summed E-state index contributed by atoms with van der Waals surface area (Å²) in [7, 11) is 1.63. The molecule has 0 saturated carbocycles. The molecule has 1 aromatic carbocycles. The highest BCUT2D eigenvalue weighted by Gasteiger charge is 2.24. The molecule has 3 heterocycles. The Morgan fingerprint density at radius 3 is 2.83 bits per heavy atom. The molecule has 6 heteroatoms. The first kappa shape index (κ1) is 20.7. The summed E-state index contributed by atoms with van der Waals surface area (Å²) in [6, 6.07) is 10.6. The maximum Gasteiger partial charge on any atom is 0.146 e. The van der Waals surface area contributed by atoms with Crippen molar-refractivity contribution in [3.63, 3.8) is 0 Å². The third-order valence-electron chi connectivity index (χ3n) is 5.49. The molecule has 0 radical (unpaired) electrons. The number of aromatic nitrogens is 3. The maximum atomic E-state index is 5.96. The topological polar surface area (TPSA) is 58.4 Å². The van der Waals surface area contributed by atoms with Gasteiger partial charge in [0, 0.05) is 42.2 Å². The van der Waals surface area contributed by atoms with E-state index in [1.165, 1.54) is 11.3 Å². The Bertz CT molecular complexity index is 1030. The van der Waals surface area contributed by atoms with Crippen LogP contribution in [0.3, 0.4) is 0 Å². The molecule has 0 bridgehead atoms. The Morgan fingerprint density at radius 2 is 2.03 bits per heavy atom. The number of nitrogens with zero attached hydrogens (tertiary/aromatic N) is 3. The summed E-state index contributed by atoms with van der Waals surface area (Å²) < 4.78 is 18.9. The molecule has 0 saturated heterocycles. The van der Waals surface area contributed by atoms with Crippen molar-refractivity contribution in [3.8, 4) is 22.6 Å². The van der Waals surface area contributed by atoms with E-state index < -0.39 is 0 Å². The highest BCUT2D eigenvalue weighted by Crippen LogP contribution is 2.32. The molecule has 0 unspecified atom stereocenters. The minimum Gasteiger partial charge on any atom is -0.376 e. The second-order valence-electron chi connectivity index (χ2n) is 7.85. The first-order chi connectivity index (χ1) is 14.6. The number of fused-ring (bicyclic) bond motifs is 1. The molecule has 1 atom stereocenters. The van der Waals surface area contributed by atoms with Crippen molar-refractivity contribution in [1.29, 1.82) is 0 Å². The molecular formula is C24H29N3O3. The Hall–Kier alpha value is -2.54. The van der Waals surface area contributed by atoms with Crippen LogP contribution >= 0.6 is 0 Å². The van der Waals surface area contributed by atoms with Crippen LogP contribution in [0.2, 0.25) is 0 Å². The van der Waals surface area contributed by atoms with Crippen LogP contribution in [-0.4, -0.2) is 41.1 Å². The quantitative estimate of drug-likeness (QED) is 0.450. The van der Waals surface area contributed by atoms with Gasteiger partial charge in [-0.05, 0) is 50.1 Å². The summed E-state index contributed by atoms with van der Waals surface area (Å²) in [5.74, 6) is 0.972. The second-order valence-corrected chi connectivity index (χ2v) is 7.85. The fraction of sp³-hybridized carbons (Fsp3) is 0.417. The van der Waals surface area contributed by atoms with Gasteiger partial charge in [0.25, 0.3) is 0 Å². The zero-order valence-electron chi connectivity index (χ0n) is 18.1. The van der Waals surface area contributed by atoms with Gasteiger partial charge in [-0.1, -0.05) is 12.1 Å². The minimum absolute atomic E-state index is 0.140. The zero-order valence-corrected chi connectivity index (χ0v) is 18.1. The molecule has 4 rings (SSSR count). The lowest BCUT2D eigenvalue weighted by Crippen LogP contribution is -2.15. The number of hydrogen-bond acceptors (Lipinski definition) is 5. The van der Waals surface area contributed by atoms with Crippen LogP contribution in [0.25, 0.3) is 22.6 Å². The fourth-order valence-electron chi connectivity index (χ4n) is 3.95. The van der Waals surface area contributed by atoms with Crippen molar-refractivity contribution in [2.45, 2.75) is 46.4 Å². The smallest absolute Gasteiger partial charge is 0.146 e. The Balaban J connectivity index is 1.81. The van der Waals surface area contributed by atoms with Gasteiger partial charge in [0.05, 0.1) is 31.6 Å². The van der Waals surface area contributed by atoms with Crippen LogP contribution in [0.5, 0.6) is 0 Å². The molecule has 1 aliphatic heterocycles. The molecule has 6 nitrogen and oxygen atoms in total. The van der Waals surface area contributed by atoms with Crippen molar-refractivity contribution < 1.29 is 14.2 Å². The van der Waals surface area contributed by atoms with E-state index in [4.69, 9.17) is 19.2 Å². The van der Waals surface area contributed by atoms with E-state index in [1.54, 1.807) is 7.11 Å². The number of imidazole rings is 1. The maximum absolute atomic E-state index is 5.96.